The fourth-order valence-electron chi connectivity index (χ4n) is 1.66. The summed E-state index contributed by atoms with van der Waals surface area (Å²) in [6.07, 6.45) is -0.323. The summed E-state index contributed by atoms with van der Waals surface area (Å²) < 4.78 is 11.1. The standard InChI is InChI=1S/C13H17N3O2/c1-9(14-2)12-15-16-13(18-12)11(17-3)10-7-5-4-6-8-10/h4-9,11,14H,1-3H3. The number of aromatic nitrogens is 2. The van der Waals surface area contributed by atoms with Crippen LogP contribution in [0.25, 0.3) is 0 Å². The highest BCUT2D eigenvalue weighted by atomic mass is 16.5. The summed E-state index contributed by atoms with van der Waals surface area (Å²) in [4.78, 5) is 0. The van der Waals surface area contributed by atoms with E-state index in [-0.39, 0.29) is 12.1 Å². The number of benzene rings is 1. The fraction of sp³-hybridized carbons (Fsp3) is 0.385. The summed E-state index contributed by atoms with van der Waals surface area (Å²) in [5.74, 6) is 1.03. The van der Waals surface area contributed by atoms with Crippen molar-refractivity contribution in [3.8, 4) is 0 Å². The highest BCUT2D eigenvalue weighted by Crippen LogP contribution is 2.25. The van der Waals surface area contributed by atoms with Crippen molar-refractivity contribution < 1.29 is 9.15 Å². The van der Waals surface area contributed by atoms with Crippen molar-refractivity contribution in [2.75, 3.05) is 14.2 Å². The van der Waals surface area contributed by atoms with E-state index in [1.807, 2.05) is 44.3 Å². The monoisotopic (exact) mass is 247 g/mol. The smallest absolute Gasteiger partial charge is 0.249 e. The lowest BCUT2D eigenvalue weighted by molar-refractivity contribution is 0.109. The summed E-state index contributed by atoms with van der Waals surface area (Å²) >= 11 is 0. The molecule has 1 N–H and O–H groups in total. The molecule has 5 nitrogen and oxygen atoms in total. The average Bonchev–Trinajstić information content (AvgIpc) is 2.89. The Morgan fingerprint density at radius 1 is 1.17 bits per heavy atom. The number of methoxy groups -OCH3 is 1. The van der Waals surface area contributed by atoms with E-state index in [1.165, 1.54) is 0 Å². The molecule has 0 spiro atoms. The molecular weight excluding hydrogens is 230 g/mol. The summed E-state index contributed by atoms with van der Waals surface area (Å²) in [5, 5.41) is 11.1. The molecule has 0 bridgehead atoms. The molecule has 18 heavy (non-hydrogen) atoms. The molecule has 2 aromatic rings. The van der Waals surface area contributed by atoms with E-state index in [1.54, 1.807) is 7.11 Å². The molecule has 2 rings (SSSR count). The molecule has 1 aromatic carbocycles. The summed E-state index contributed by atoms with van der Waals surface area (Å²) in [6.45, 7) is 1.96. The van der Waals surface area contributed by atoms with Crippen molar-refractivity contribution >= 4 is 0 Å². The summed E-state index contributed by atoms with van der Waals surface area (Å²) in [6, 6.07) is 9.83. The molecule has 0 aliphatic rings. The predicted molar refractivity (Wildman–Crippen MR) is 67.1 cm³/mol. The van der Waals surface area contributed by atoms with E-state index in [2.05, 4.69) is 15.5 Å². The molecule has 5 heteroatoms. The molecule has 0 saturated carbocycles. The largest absolute Gasteiger partial charge is 0.420 e. The summed E-state index contributed by atoms with van der Waals surface area (Å²) in [5.41, 5.74) is 0.993. The molecule has 1 aromatic heterocycles. The van der Waals surface area contributed by atoms with Crippen LogP contribution < -0.4 is 5.32 Å². The molecule has 1 heterocycles. The first-order chi connectivity index (χ1) is 8.76. The van der Waals surface area contributed by atoms with Crippen LogP contribution in [-0.2, 0) is 4.74 Å². The number of hydrogen-bond donors (Lipinski definition) is 1. The Kier molecular flexibility index (Phi) is 4.07. The molecule has 0 fully saturated rings. The molecule has 2 unspecified atom stereocenters. The molecule has 0 aliphatic heterocycles. The molecular formula is C13H17N3O2. The van der Waals surface area contributed by atoms with Gasteiger partial charge in [-0.15, -0.1) is 10.2 Å². The number of ether oxygens (including phenoxy) is 1. The van der Waals surface area contributed by atoms with Crippen molar-refractivity contribution in [3.05, 3.63) is 47.7 Å². The van der Waals surface area contributed by atoms with Gasteiger partial charge in [0.15, 0.2) is 6.10 Å². The van der Waals surface area contributed by atoms with Gasteiger partial charge < -0.3 is 14.5 Å². The number of hydrogen-bond acceptors (Lipinski definition) is 5. The van der Waals surface area contributed by atoms with Crippen LogP contribution in [-0.4, -0.2) is 24.4 Å². The van der Waals surface area contributed by atoms with E-state index in [0.29, 0.717) is 11.8 Å². The lowest BCUT2D eigenvalue weighted by Crippen LogP contribution is -2.12. The number of nitrogens with zero attached hydrogens (tertiary/aromatic N) is 2. The van der Waals surface area contributed by atoms with Crippen LogP contribution in [0, 0.1) is 0 Å². The van der Waals surface area contributed by atoms with E-state index < -0.39 is 0 Å². The van der Waals surface area contributed by atoms with Gasteiger partial charge in [-0.25, -0.2) is 0 Å². The van der Waals surface area contributed by atoms with Gasteiger partial charge in [-0.2, -0.15) is 0 Å². The zero-order chi connectivity index (χ0) is 13.0. The van der Waals surface area contributed by atoms with Gasteiger partial charge in [0.2, 0.25) is 11.8 Å². The quantitative estimate of drug-likeness (QED) is 0.876. The van der Waals surface area contributed by atoms with Gasteiger partial charge in [-0.05, 0) is 19.5 Å². The SMILES string of the molecule is CNC(C)c1nnc(C(OC)c2ccccc2)o1. The minimum atomic E-state index is -0.323. The Labute approximate surface area is 106 Å². The molecule has 0 aliphatic carbocycles. The topological polar surface area (TPSA) is 60.2 Å². The van der Waals surface area contributed by atoms with Crippen LogP contribution in [0.4, 0.5) is 0 Å². The minimum absolute atomic E-state index is 0.0273. The van der Waals surface area contributed by atoms with E-state index in [4.69, 9.17) is 9.15 Å². The Morgan fingerprint density at radius 3 is 2.44 bits per heavy atom. The Morgan fingerprint density at radius 2 is 1.83 bits per heavy atom. The Hall–Kier alpha value is -1.72. The van der Waals surface area contributed by atoms with Crippen molar-refractivity contribution in [2.24, 2.45) is 0 Å². The second-order valence-electron chi connectivity index (χ2n) is 4.02. The van der Waals surface area contributed by atoms with Crippen molar-refractivity contribution in [2.45, 2.75) is 19.1 Å². The van der Waals surface area contributed by atoms with Crippen LogP contribution in [0.5, 0.6) is 0 Å². The third-order valence-electron chi connectivity index (χ3n) is 2.82. The van der Waals surface area contributed by atoms with Gasteiger partial charge in [0.25, 0.3) is 0 Å². The maximum atomic E-state index is 5.63. The number of rotatable bonds is 5. The summed E-state index contributed by atoms with van der Waals surface area (Å²) in [7, 11) is 3.47. The van der Waals surface area contributed by atoms with Gasteiger partial charge >= 0.3 is 0 Å². The van der Waals surface area contributed by atoms with Gasteiger partial charge in [-0.3, -0.25) is 0 Å². The van der Waals surface area contributed by atoms with Crippen molar-refractivity contribution in [3.63, 3.8) is 0 Å². The zero-order valence-corrected chi connectivity index (χ0v) is 10.8. The van der Waals surface area contributed by atoms with Crippen LogP contribution in [0.3, 0.4) is 0 Å². The molecule has 0 radical (unpaired) electrons. The second kappa shape index (κ2) is 5.75. The third kappa shape index (κ3) is 2.57. The van der Waals surface area contributed by atoms with Crippen molar-refractivity contribution in [1.82, 2.24) is 15.5 Å². The average molecular weight is 247 g/mol. The lowest BCUT2D eigenvalue weighted by Gasteiger charge is -2.11. The Bertz CT molecular complexity index is 484. The maximum absolute atomic E-state index is 5.63. The first-order valence-electron chi connectivity index (χ1n) is 5.84. The normalized spacial score (nSPS) is 14.4. The fourth-order valence-corrected chi connectivity index (χ4v) is 1.66. The van der Waals surface area contributed by atoms with Crippen LogP contribution in [0.1, 0.15) is 36.4 Å². The first kappa shape index (κ1) is 12.7. The molecule has 2 atom stereocenters. The molecule has 0 saturated heterocycles. The molecule has 96 valence electrons. The van der Waals surface area contributed by atoms with Crippen LogP contribution >= 0.6 is 0 Å². The van der Waals surface area contributed by atoms with Crippen LogP contribution in [0.15, 0.2) is 34.7 Å². The zero-order valence-electron chi connectivity index (χ0n) is 10.8. The van der Waals surface area contributed by atoms with Crippen molar-refractivity contribution in [1.29, 1.82) is 0 Å². The maximum Gasteiger partial charge on any atom is 0.249 e. The highest BCUT2D eigenvalue weighted by Gasteiger charge is 2.21. The second-order valence-corrected chi connectivity index (χ2v) is 4.02. The lowest BCUT2D eigenvalue weighted by atomic mass is 10.1. The van der Waals surface area contributed by atoms with Gasteiger partial charge in [0, 0.05) is 7.11 Å². The van der Waals surface area contributed by atoms with Crippen LogP contribution in [0.2, 0.25) is 0 Å². The van der Waals surface area contributed by atoms with Gasteiger partial charge in [0.05, 0.1) is 6.04 Å². The number of nitrogens with one attached hydrogen (secondary N) is 1. The highest BCUT2D eigenvalue weighted by molar-refractivity contribution is 5.21. The first-order valence-corrected chi connectivity index (χ1v) is 5.84. The third-order valence-corrected chi connectivity index (χ3v) is 2.82. The molecule has 0 amide bonds. The predicted octanol–water partition coefficient (Wildman–Crippen LogP) is 2.09. The minimum Gasteiger partial charge on any atom is -0.420 e. The van der Waals surface area contributed by atoms with E-state index in [0.717, 1.165) is 5.56 Å². The van der Waals surface area contributed by atoms with Gasteiger partial charge in [-0.1, -0.05) is 30.3 Å². The van der Waals surface area contributed by atoms with E-state index in [9.17, 15) is 0 Å². The van der Waals surface area contributed by atoms with Gasteiger partial charge in [0.1, 0.15) is 0 Å². The van der Waals surface area contributed by atoms with E-state index >= 15 is 0 Å². The Balaban J connectivity index is 2.26.